The third kappa shape index (κ3) is 4.91. The summed E-state index contributed by atoms with van der Waals surface area (Å²) in [5.41, 5.74) is 1.80. The molecule has 0 amide bonds. The standard InChI is InChI=1S/C28H30O7/c1-19-24-25(35-28(30-3,34-24)21-12-8-5-9-13-21)26(31-18-20-10-6-4-7-11-20)27(32-19)33-23-16-14-22(29-2)15-17-23/h4-17,19,24-27H,18H2,1-3H3/t19-,24+,25+,26-,27-,28?/m0/s1. The van der Waals surface area contributed by atoms with Crippen molar-refractivity contribution >= 4 is 0 Å². The number of fused-ring (bicyclic) bond motifs is 1. The second-order valence-corrected chi connectivity index (χ2v) is 8.56. The van der Waals surface area contributed by atoms with E-state index in [0.717, 1.165) is 16.9 Å². The van der Waals surface area contributed by atoms with Gasteiger partial charge in [-0.1, -0.05) is 60.7 Å². The molecule has 0 spiro atoms. The molecule has 0 saturated carbocycles. The van der Waals surface area contributed by atoms with Crippen molar-refractivity contribution in [2.24, 2.45) is 0 Å². The van der Waals surface area contributed by atoms with E-state index in [1.54, 1.807) is 14.2 Å². The third-order valence-electron chi connectivity index (χ3n) is 6.30. The Morgan fingerprint density at radius 2 is 1.40 bits per heavy atom. The first-order chi connectivity index (χ1) is 17.1. The van der Waals surface area contributed by atoms with Gasteiger partial charge in [-0.15, -0.1) is 0 Å². The Kier molecular flexibility index (Phi) is 7.04. The second-order valence-electron chi connectivity index (χ2n) is 8.56. The number of rotatable bonds is 8. The van der Waals surface area contributed by atoms with Gasteiger partial charge in [0.25, 0.3) is 0 Å². The zero-order valence-electron chi connectivity index (χ0n) is 20.0. The molecule has 3 aromatic carbocycles. The van der Waals surface area contributed by atoms with Crippen LogP contribution >= 0.6 is 0 Å². The molecule has 3 aromatic rings. The van der Waals surface area contributed by atoms with Crippen LogP contribution in [0.1, 0.15) is 18.1 Å². The van der Waals surface area contributed by atoms with Gasteiger partial charge in [0.1, 0.15) is 29.8 Å². The van der Waals surface area contributed by atoms with Crippen LogP contribution in [0.2, 0.25) is 0 Å². The quantitative estimate of drug-likeness (QED) is 0.467. The zero-order valence-corrected chi connectivity index (χ0v) is 20.0. The lowest BCUT2D eigenvalue weighted by Crippen LogP contribution is -2.58. The summed E-state index contributed by atoms with van der Waals surface area (Å²) in [5, 5.41) is 0. The van der Waals surface area contributed by atoms with Crippen LogP contribution in [0.15, 0.2) is 84.9 Å². The van der Waals surface area contributed by atoms with E-state index in [-0.39, 0.29) is 6.10 Å². The van der Waals surface area contributed by atoms with Gasteiger partial charge in [0.05, 0.1) is 19.8 Å². The molecule has 2 fully saturated rings. The minimum atomic E-state index is -1.36. The van der Waals surface area contributed by atoms with Gasteiger partial charge >= 0.3 is 5.97 Å². The molecule has 2 heterocycles. The summed E-state index contributed by atoms with van der Waals surface area (Å²) >= 11 is 0. The number of hydrogen-bond acceptors (Lipinski definition) is 7. The van der Waals surface area contributed by atoms with E-state index in [1.807, 2.05) is 91.9 Å². The predicted molar refractivity (Wildman–Crippen MR) is 128 cm³/mol. The highest BCUT2D eigenvalue weighted by Crippen LogP contribution is 2.45. The summed E-state index contributed by atoms with van der Waals surface area (Å²) in [7, 11) is 3.20. The van der Waals surface area contributed by atoms with Crippen LogP contribution in [0.4, 0.5) is 0 Å². The van der Waals surface area contributed by atoms with Crippen molar-refractivity contribution in [2.45, 2.75) is 50.2 Å². The molecule has 0 bridgehead atoms. The molecule has 6 atom stereocenters. The average molecular weight is 479 g/mol. The molecule has 2 saturated heterocycles. The molecule has 1 unspecified atom stereocenters. The number of ether oxygens (including phenoxy) is 7. The highest BCUT2D eigenvalue weighted by atomic mass is 16.9. The maximum absolute atomic E-state index is 6.51. The van der Waals surface area contributed by atoms with Gasteiger partial charge in [-0.25, -0.2) is 0 Å². The van der Waals surface area contributed by atoms with E-state index >= 15 is 0 Å². The second kappa shape index (κ2) is 10.4. The molecule has 2 aliphatic heterocycles. The molecule has 184 valence electrons. The van der Waals surface area contributed by atoms with Crippen molar-refractivity contribution in [1.82, 2.24) is 0 Å². The Morgan fingerprint density at radius 1 is 0.771 bits per heavy atom. The van der Waals surface area contributed by atoms with Crippen LogP contribution in [-0.4, -0.2) is 44.9 Å². The zero-order chi connectivity index (χ0) is 24.3. The lowest BCUT2D eigenvalue weighted by atomic mass is 9.99. The molecule has 0 aliphatic carbocycles. The van der Waals surface area contributed by atoms with Crippen LogP contribution in [0.5, 0.6) is 11.5 Å². The Bertz CT molecular complexity index is 1080. The highest BCUT2D eigenvalue weighted by Gasteiger charge is 2.59. The molecule has 0 aromatic heterocycles. The van der Waals surface area contributed by atoms with Gasteiger partial charge in [0.2, 0.25) is 6.29 Å². The summed E-state index contributed by atoms with van der Waals surface area (Å²) in [6.45, 7) is 2.30. The first-order valence-corrected chi connectivity index (χ1v) is 11.7. The van der Waals surface area contributed by atoms with Crippen LogP contribution in [0.3, 0.4) is 0 Å². The summed E-state index contributed by atoms with van der Waals surface area (Å²) in [4.78, 5) is 0. The Morgan fingerprint density at radius 3 is 2.06 bits per heavy atom. The van der Waals surface area contributed by atoms with Crippen molar-refractivity contribution in [1.29, 1.82) is 0 Å². The smallest absolute Gasteiger partial charge is 0.312 e. The predicted octanol–water partition coefficient (Wildman–Crippen LogP) is 4.65. The van der Waals surface area contributed by atoms with Gasteiger partial charge in [0, 0.05) is 12.7 Å². The maximum atomic E-state index is 6.51. The van der Waals surface area contributed by atoms with Crippen LogP contribution in [0.25, 0.3) is 0 Å². The Labute approximate surface area is 205 Å². The summed E-state index contributed by atoms with van der Waals surface area (Å²) in [5.74, 6) is 0.0135. The fraction of sp³-hybridized carbons (Fsp3) is 0.357. The van der Waals surface area contributed by atoms with E-state index in [4.69, 9.17) is 33.2 Å². The Hall–Kier alpha value is -2.94. The monoisotopic (exact) mass is 478 g/mol. The third-order valence-corrected chi connectivity index (χ3v) is 6.30. The number of hydrogen-bond donors (Lipinski definition) is 0. The van der Waals surface area contributed by atoms with Gasteiger partial charge in [-0.2, -0.15) is 0 Å². The normalized spacial score (nSPS) is 30.0. The Balaban J connectivity index is 1.43. The van der Waals surface area contributed by atoms with Crippen molar-refractivity contribution in [3.63, 3.8) is 0 Å². The van der Waals surface area contributed by atoms with Gasteiger partial charge in [0.15, 0.2) is 0 Å². The molecule has 35 heavy (non-hydrogen) atoms. The number of benzene rings is 3. The molecular weight excluding hydrogens is 448 g/mol. The van der Waals surface area contributed by atoms with E-state index in [9.17, 15) is 0 Å². The maximum Gasteiger partial charge on any atom is 0.312 e. The minimum absolute atomic E-state index is 0.333. The van der Waals surface area contributed by atoms with Gasteiger partial charge < -0.3 is 33.2 Å². The van der Waals surface area contributed by atoms with Crippen molar-refractivity contribution < 1.29 is 33.2 Å². The molecule has 7 heteroatoms. The minimum Gasteiger partial charge on any atom is -0.497 e. The first-order valence-electron chi connectivity index (χ1n) is 11.7. The topological polar surface area (TPSA) is 64.6 Å². The summed E-state index contributed by atoms with van der Waals surface area (Å²) in [6, 6.07) is 26.9. The average Bonchev–Trinajstić information content (AvgIpc) is 3.32. The van der Waals surface area contributed by atoms with E-state index in [2.05, 4.69) is 0 Å². The largest absolute Gasteiger partial charge is 0.497 e. The van der Waals surface area contributed by atoms with Crippen LogP contribution in [0, 0.1) is 0 Å². The van der Waals surface area contributed by atoms with Crippen molar-refractivity contribution in [3.05, 3.63) is 96.1 Å². The molecule has 0 N–H and O–H groups in total. The molecule has 5 rings (SSSR count). The fourth-order valence-corrected chi connectivity index (χ4v) is 4.47. The van der Waals surface area contributed by atoms with Gasteiger partial charge in [-0.05, 0) is 36.8 Å². The summed E-state index contributed by atoms with van der Waals surface area (Å²) in [6.07, 6.45) is -2.56. The number of methoxy groups -OCH3 is 2. The van der Waals surface area contributed by atoms with Crippen molar-refractivity contribution in [2.75, 3.05) is 14.2 Å². The molecule has 2 aliphatic rings. The molecule has 7 nitrogen and oxygen atoms in total. The van der Waals surface area contributed by atoms with E-state index in [0.29, 0.717) is 12.4 Å². The summed E-state index contributed by atoms with van der Waals surface area (Å²) < 4.78 is 42.9. The van der Waals surface area contributed by atoms with Crippen molar-refractivity contribution in [3.8, 4) is 11.5 Å². The molecule has 0 radical (unpaired) electrons. The SMILES string of the molecule is COc1ccc(O[C@@H]2O[C@@H](C)[C@H]3OC(OC)(c4ccccc4)O[C@H]3[C@@H]2OCc2ccccc2)cc1. The first kappa shape index (κ1) is 23.8. The lowest BCUT2D eigenvalue weighted by Gasteiger charge is -2.40. The molecular formula is C28H30O7. The van der Waals surface area contributed by atoms with Crippen LogP contribution < -0.4 is 9.47 Å². The fourth-order valence-electron chi connectivity index (χ4n) is 4.47. The van der Waals surface area contributed by atoms with Crippen LogP contribution in [-0.2, 0) is 36.3 Å². The van der Waals surface area contributed by atoms with Gasteiger partial charge in [-0.3, -0.25) is 0 Å². The van der Waals surface area contributed by atoms with E-state index in [1.165, 1.54) is 0 Å². The lowest BCUT2D eigenvalue weighted by molar-refractivity contribution is -0.346. The van der Waals surface area contributed by atoms with E-state index < -0.39 is 30.6 Å². The highest BCUT2D eigenvalue weighted by molar-refractivity contribution is 5.31.